The van der Waals surface area contributed by atoms with E-state index < -0.39 is 0 Å². The number of fused-ring (bicyclic) bond motifs is 1. The van der Waals surface area contributed by atoms with Crippen LogP contribution in [-0.4, -0.2) is 28.1 Å². The smallest absolute Gasteiger partial charge is 0.195 e. The van der Waals surface area contributed by atoms with Crippen LogP contribution in [-0.2, 0) is 0 Å². The number of aromatic hydroxyl groups is 2. The topological polar surface area (TPSA) is 82.6 Å². The van der Waals surface area contributed by atoms with Crippen molar-refractivity contribution in [1.82, 2.24) is 4.98 Å². The second-order valence-electron chi connectivity index (χ2n) is 5.95. The van der Waals surface area contributed by atoms with Crippen molar-refractivity contribution in [2.45, 2.75) is 20.8 Å². The quantitative estimate of drug-likeness (QED) is 0.641. The van der Waals surface area contributed by atoms with Gasteiger partial charge in [-0.25, -0.2) is 0 Å². The van der Waals surface area contributed by atoms with Gasteiger partial charge in [0.05, 0.1) is 18.2 Å². The lowest BCUT2D eigenvalue weighted by Gasteiger charge is -2.09. The number of nitrogens with one attached hydrogen (secondary N) is 1. The monoisotopic (exact) mass is 325 g/mol. The van der Waals surface area contributed by atoms with Crippen molar-refractivity contribution in [3.05, 3.63) is 52.2 Å². The highest BCUT2D eigenvalue weighted by Gasteiger charge is 2.21. The highest BCUT2D eigenvalue weighted by atomic mass is 16.5. The molecule has 3 aromatic rings. The Bertz CT molecular complexity index is 969. The van der Waals surface area contributed by atoms with Crippen molar-refractivity contribution in [2.75, 3.05) is 7.11 Å². The number of phenols is 2. The maximum Gasteiger partial charge on any atom is 0.195 e. The van der Waals surface area contributed by atoms with Crippen LogP contribution < -0.4 is 4.74 Å². The molecule has 1 aromatic heterocycles. The molecule has 0 saturated heterocycles. The normalized spacial score (nSPS) is 11.0. The molecule has 0 amide bonds. The standard InChI is InChI=1S/C19H19NO4/c1-9-5-6-13-15(11(3)20-16(13)18(9)22)19(23)12-7-10(2)17(21)14(8-12)24-4/h5-8,20-22H,1-4H3. The van der Waals surface area contributed by atoms with Gasteiger partial charge in [0.15, 0.2) is 17.3 Å². The second kappa shape index (κ2) is 5.60. The Hall–Kier alpha value is -2.95. The lowest BCUT2D eigenvalue weighted by molar-refractivity contribution is 0.103. The predicted molar refractivity (Wildman–Crippen MR) is 92.3 cm³/mol. The highest BCUT2D eigenvalue weighted by Crippen LogP contribution is 2.35. The number of H-pyrrole nitrogens is 1. The zero-order chi connectivity index (χ0) is 17.6. The fraction of sp³-hybridized carbons (Fsp3) is 0.211. The van der Waals surface area contributed by atoms with Gasteiger partial charge in [-0.3, -0.25) is 4.79 Å². The number of ether oxygens (including phenoxy) is 1. The molecule has 5 nitrogen and oxygen atoms in total. The van der Waals surface area contributed by atoms with Crippen molar-refractivity contribution in [2.24, 2.45) is 0 Å². The van der Waals surface area contributed by atoms with E-state index in [0.717, 1.165) is 5.56 Å². The Labute approximate surface area is 139 Å². The minimum absolute atomic E-state index is 0.0259. The molecule has 0 atom stereocenters. The number of aromatic amines is 1. The minimum atomic E-state index is -0.191. The summed E-state index contributed by atoms with van der Waals surface area (Å²) in [5.41, 5.74) is 3.47. The van der Waals surface area contributed by atoms with Crippen LogP contribution in [0, 0.1) is 20.8 Å². The number of ketones is 1. The van der Waals surface area contributed by atoms with Crippen LogP contribution in [0.15, 0.2) is 24.3 Å². The van der Waals surface area contributed by atoms with Gasteiger partial charge in [0.2, 0.25) is 0 Å². The molecule has 0 fully saturated rings. The summed E-state index contributed by atoms with van der Waals surface area (Å²) in [6.07, 6.45) is 0. The number of phenolic OH excluding ortho intramolecular Hbond substituents is 2. The van der Waals surface area contributed by atoms with Gasteiger partial charge >= 0.3 is 0 Å². The summed E-state index contributed by atoms with van der Waals surface area (Å²) in [4.78, 5) is 16.1. The van der Waals surface area contributed by atoms with Crippen molar-refractivity contribution in [1.29, 1.82) is 0 Å². The maximum atomic E-state index is 13.0. The summed E-state index contributed by atoms with van der Waals surface area (Å²) < 4.78 is 5.14. The molecule has 0 unspecified atom stereocenters. The summed E-state index contributed by atoms with van der Waals surface area (Å²) in [6.45, 7) is 5.32. The number of carbonyl (C=O) groups is 1. The van der Waals surface area contributed by atoms with E-state index in [2.05, 4.69) is 4.98 Å². The van der Waals surface area contributed by atoms with Gasteiger partial charge in [-0.05, 0) is 44.0 Å². The molecule has 0 aliphatic heterocycles. The molecule has 24 heavy (non-hydrogen) atoms. The molecular formula is C19H19NO4. The maximum absolute atomic E-state index is 13.0. The Kier molecular flexibility index (Phi) is 3.72. The molecule has 124 valence electrons. The second-order valence-corrected chi connectivity index (χ2v) is 5.95. The van der Waals surface area contributed by atoms with Gasteiger partial charge in [0.25, 0.3) is 0 Å². The van der Waals surface area contributed by atoms with E-state index in [9.17, 15) is 15.0 Å². The van der Waals surface area contributed by atoms with E-state index >= 15 is 0 Å². The van der Waals surface area contributed by atoms with Gasteiger partial charge in [-0.1, -0.05) is 12.1 Å². The van der Waals surface area contributed by atoms with Crippen LogP contribution in [0.4, 0.5) is 0 Å². The molecule has 5 heteroatoms. The summed E-state index contributed by atoms with van der Waals surface area (Å²) >= 11 is 0. The van der Waals surface area contributed by atoms with Gasteiger partial charge in [0.1, 0.15) is 5.75 Å². The van der Waals surface area contributed by atoms with E-state index in [0.29, 0.717) is 33.3 Å². The summed E-state index contributed by atoms with van der Waals surface area (Å²) in [6, 6.07) is 6.76. The Morgan fingerprint density at radius 1 is 1.04 bits per heavy atom. The largest absolute Gasteiger partial charge is 0.505 e. The van der Waals surface area contributed by atoms with Crippen LogP contribution in [0.2, 0.25) is 0 Å². The Morgan fingerprint density at radius 3 is 2.42 bits per heavy atom. The third kappa shape index (κ3) is 2.29. The van der Waals surface area contributed by atoms with Crippen LogP contribution in [0.5, 0.6) is 17.2 Å². The molecule has 2 aromatic carbocycles. The first kappa shape index (κ1) is 15.9. The summed E-state index contributed by atoms with van der Waals surface area (Å²) in [5, 5.41) is 20.8. The molecular weight excluding hydrogens is 306 g/mol. The zero-order valence-corrected chi connectivity index (χ0v) is 14.0. The van der Waals surface area contributed by atoms with E-state index in [-0.39, 0.29) is 23.0 Å². The molecule has 3 rings (SSSR count). The van der Waals surface area contributed by atoms with Crippen LogP contribution >= 0.6 is 0 Å². The van der Waals surface area contributed by atoms with Crippen molar-refractivity contribution in [3.63, 3.8) is 0 Å². The first-order valence-electron chi connectivity index (χ1n) is 7.58. The number of aryl methyl sites for hydroxylation is 3. The summed E-state index contributed by atoms with van der Waals surface area (Å²) in [7, 11) is 1.44. The van der Waals surface area contributed by atoms with Crippen LogP contribution in [0.25, 0.3) is 10.9 Å². The fourth-order valence-corrected chi connectivity index (χ4v) is 2.95. The van der Waals surface area contributed by atoms with E-state index in [1.54, 1.807) is 32.9 Å². The van der Waals surface area contributed by atoms with Crippen LogP contribution in [0.3, 0.4) is 0 Å². The predicted octanol–water partition coefficient (Wildman–Crippen LogP) is 3.74. The molecule has 3 N–H and O–H groups in total. The van der Waals surface area contributed by atoms with E-state index in [1.165, 1.54) is 13.2 Å². The molecule has 0 spiro atoms. The van der Waals surface area contributed by atoms with Gasteiger partial charge in [-0.2, -0.15) is 0 Å². The number of hydrogen-bond acceptors (Lipinski definition) is 4. The Morgan fingerprint density at radius 2 is 1.75 bits per heavy atom. The molecule has 0 bridgehead atoms. The molecule has 0 saturated carbocycles. The lowest BCUT2D eigenvalue weighted by Crippen LogP contribution is -2.04. The highest BCUT2D eigenvalue weighted by molar-refractivity contribution is 6.18. The number of benzene rings is 2. The average Bonchev–Trinajstić information content (AvgIpc) is 2.89. The van der Waals surface area contributed by atoms with Crippen molar-refractivity contribution >= 4 is 16.7 Å². The third-order valence-electron chi connectivity index (χ3n) is 4.31. The van der Waals surface area contributed by atoms with Gasteiger partial charge in [-0.15, -0.1) is 0 Å². The van der Waals surface area contributed by atoms with E-state index in [4.69, 9.17) is 4.74 Å². The first-order valence-corrected chi connectivity index (χ1v) is 7.58. The SMILES string of the molecule is COc1cc(C(=O)c2c(C)[nH]c3c(O)c(C)ccc23)cc(C)c1O. The van der Waals surface area contributed by atoms with Crippen LogP contribution in [0.1, 0.15) is 32.7 Å². The number of hydrogen-bond donors (Lipinski definition) is 3. The van der Waals surface area contributed by atoms with Gasteiger partial charge in [0, 0.05) is 16.6 Å². The first-order chi connectivity index (χ1) is 11.3. The Balaban J connectivity index is 2.22. The van der Waals surface area contributed by atoms with Crippen molar-refractivity contribution in [3.8, 4) is 17.2 Å². The van der Waals surface area contributed by atoms with E-state index in [1.807, 2.05) is 6.07 Å². The molecule has 0 aliphatic rings. The molecule has 1 heterocycles. The minimum Gasteiger partial charge on any atom is -0.505 e. The molecule has 0 aliphatic carbocycles. The van der Waals surface area contributed by atoms with Crippen molar-refractivity contribution < 1.29 is 19.7 Å². The summed E-state index contributed by atoms with van der Waals surface area (Å²) in [5.74, 6) is 0.241. The fourth-order valence-electron chi connectivity index (χ4n) is 2.95. The van der Waals surface area contributed by atoms with Gasteiger partial charge < -0.3 is 19.9 Å². The number of methoxy groups -OCH3 is 1. The number of carbonyl (C=O) groups excluding carboxylic acids is 1. The molecule has 0 radical (unpaired) electrons. The zero-order valence-electron chi connectivity index (χ0n) is 14.0. The third-order valence-corrected chi connectivity index (χ3v) is 4.31. The average molecular weight is 325 g/mol. The number of rotatable bonds is 3. The number of aromatic nitrogens is 1. The lowest BCUT2D eigenvalue weighted by atomic mass is 9.98.